The van der Waals surface area contributed by atoms with Crippen LogP contribution in [0.4, 0.5) is 0 Å². The molecule has 3 aromatic rings. The molecule has 2 amide bonds. The van der Waals surface area contributed by atoms with E-state index in [4.69, 9.17) is 4.42 Å². The molecule has 1 saturated carbocycles. The van der Waals surface area contributed by atoms with Gasteiger partial charge in [0.1, 0.15) is 11.5 Å². The van der Waals surface area contributed by atoms with Crippen LogP contribution in [0.2, 0.25) is 0 Å². The van der Waals surface area contributed by atoms with Crippen LogP contribution in [-0.2, 0) is 11.3 Å². The van der Waals surface area contributed by atoms with Gasteiger partial charge >= 0.3 is 0 Å². The maximum Gasteiger partial charge on any atom is 0.265 e. The topological polar surface area (TPSA) is 62.6 Å². The number of carbonyl (C=O) groups excluding carboxylic acids is 2. The number of amides is 2. The second-order valence-electron chi connectivity index (χ2n) is 8.59. The van der Waals surface area contributed by atoms with Gasteiger partial charge in [0.25, 0.3) is 11.8 Å². The third kappa shape index (κ3) is 5.30. The number of nitrogens with zero attached hydrogens (tertiary/aromatic N) is 1. The monoisotopic (exact) mass is 450 g/mol. The Bertz CT molecular complexity index is 1030. The number of carbonyl (C=O) groups is 2. The molecule has 0 spiro atoms. The Morgan fingerprint density at radius 3 is 2.44 bits per heavy atom. The maximum atomic E-state index is 13.6. The van der Waals surface area contributed by atoms with Crippen molar-refractivity contribution in [1.82, 2.24) is 10.2 Å². The zero-order chi connectivity index (χ0) is 22.5. The fourth-order valence-electron chi connectivity index (χ4n) is 4.26. The third-order valence-electron chi connectivity index (χ3n) is 6.01. The van der Waals surface area contributed by atoms with Crippen LogP contribution in [0.15, 0.2) is 58.3 Å². The third-order valence-corrected chi connectivity index (χ3v) is 6.87. The highest BCUT2D eigenvalue weighted by Gasteiger charge is 2.36. The van der Waals surface area contributed by atoms with Crippen molar-refractivity contribution < 1.29 is 14.0 Å². The second kappa shape index (κ2) is 10.2. The van der Waals surface area contributed by atoms with E-state index in [-0.39, 0.29) is 17.9 Å². The fourth-order valence-corrected chi connectivity index (χ4v) is 4.94. The van der Waals surface area contributed by atoms with Crippen molar-refractivity contribution in [2.45, 2.75) is 64.6 Å². The van der Waals surface area contributed by atoms with Crippen molar-refractivity contribution >= 4 is 23.2 Å². The molecular weight excluding hydrogens is 420 g/mol. The largest absolute Gasteiger partial charge is 0.464 e. The minimum Gasteiger partial charge on any atom is -0.464 e. The first-order chi connectivity index (χ1) is 15.5. The van der Waals surface area contributed by atoms with Crippen molar-refractivity contribution in [2.75, 3.05) is 0 Å². The summed E-state index contributed by atoms with van der Waals surface area (Å²) in [6, 6.07) is 14.7. The van der Waals surface area contributed by atoms with Crippen LogP contribution in [0.1, 0.15) is 70.5 Å². The molecule has 0 unspecified atom stereocenters. The standard InChI is InChI=1S/C26H30N2O3S/c1-18-10-13-20(14-11-18)17-28(26(30)23-9-6-16-32-23)24(22-15-12-19(2)31-22)25(29)27-21-7-4-3-5-8-21/h6,9-16,21,24H,3-5,7-8,17H2,1-2H3,(H,27,29)/t24-/m0/s1. The van der Waals surface area contributed by atoms with E-state index in [0.29, 0.717) is 22.9 Å². The summed E-state index contributed by atoms with van der Waals surface area (Å²) >= 11 is 1.38. The van der Waals surface area contributed by atoms with Crippen molar-refractivity contribution in [1.29, 1.82) is 0 Å². The van der Waals surface area contributed by atoms with Gasteiger partial charge in [-0.25, -0.2) is 0 Å². The minimum atomic E-state index is -0.832. The highest BCUT2D eigenvalue weighted by atomic mass is 32.1. The van der Waals surface area contributed by atoms with Crippen LogP contribution in [0.25, 0.3) is 0 Å². The summed E-state index contributed by atoms with van der Waals surface area (Å²) in [6.07, 6.45) is 5.41. The molecule has 1 aliphatic rings. The maximum absolute atomic E-state index is 13.6. The lowest BCUT2D eigenvalue weighted by Gasteiger charge is -2.32. The number of thiophene rings is 1. The number of aryl methyl sites for hydroxylation is 2. The summed E-state index contributed by atoms with van der Waals surface area (Å²) in [7, 11) is 0. The highest BCUT2D eigenvalue weighted by molar-refractivity contribution is 7.12. The van der Waals surface area contributed by atoms with Gasteiger partial charge in [-0.15, -0.1) is 11.3 Å². The smallest absolute Gasteiger partial charge is 0.265 e. The average molecular weight is 451 g/mol. The van der Waals surface area contributed by atoms with E-state index in [9.17, 15) is 9.59 Å². The molecule has 1 fully saturated rings. The van der Waals surface area contributed by atoms with Gasteiger partial charge < -0.3 is 14.6 Å². The number of hydrogen-bond donors (Lipinski definition) is 1. The lowest BCUT2D eigenvalue weighted by Crippen LogP contribution is -2.46. The second-order valence-corrected chi connectivity index (χ2v) is 9.54. The Hall–Kier alpha value is -2.86. The molecule has 32 heavy (non-hydrogen) atoms. The molecule has 0 aliphatic heterocycles. The van der Waals surface area contributed by atoms with Crippen molar-refractivity contribution in [3.8, 4) is 0 Å². The van der Waals surface area contributed by atoms with E-state index in [1.165, 1.54) is 17.8 Å². The van der Waals surface area contributed by atoms with Gasteiger partial charge in [0, 0.05) is 12.6 Å². The Morgan fingerprint density at radius 2 is 1.81 bits per heavy atom. The summed E-state index contributed by atoms with van der Waals surface area (Å²) < 4.78 is 5.91. The van der Waals surface area contributed by atoms with E-state index in [1.54, 1.807) is 11.0 Å². The number of nitrogens with one attached hydrogen (secondary N) is 1. The first-order valence-corrected chi connectivity index (χ1v) is 12.2. The van der Waals surface area contributed by atoms with Gasteiger partial charge in [0.2, 0.25) is 0 Å². The van der Waals surface area contributed by atoms with E-state index >= 15 is 0 Å². The Labute approximate surface area is 193 Å². The number of hydrogen-bond acceptors (Lipinski definition) is 4. The molecule has 1 N–H and O–H groups in total. The van der Waals surface area contributed by atoms with Crippen LogP contribution in [0, 0.1) is 13.8 Å². The molecule has 0 radical (unpaired) electrons. The van der Waals surface area contributed by atoms with Crippen molar-refractivity contribution in [3.05, 3.63) is 81.4 Å². The molecule has 1 atom stereocenters. The number of furan rings is 1. The number of rotatable bonds is 7. The lowest BCUT2D eigenvalue weighted by molar-refractivity contribution is -0.127. The van der Waals surface area contributed by atoms with Crippen molar-refractivity contribution in [3.63, 3.8) is 0 Å². The molecule has 1 aliphatic carbocycles. The summed E-state index contributed by atoms with van der Waals surface area (Å²) in [5.74, 6) is 0.865. The average Bonchev–Trinajstić information content (AvgIpc) is 3.47. The van der Waals surface area contributed by atoms with E-state index in [1.807, 2.05) is 61.7 Å². The lowest BCUT2D eigenvalue weighted by atomic mass is 9.95. The molecule has 6 heteroatoms. The zero-order valence-corrected chi connectivity index (χ0v) is 19.5. The highest BCUT2D eigenvalue weighted by Crippen LogP contribution is 2.29. The predicted molar refractivity (Wildman–Crippen MR) is 127 cm³/mol. The molecule has 2 heterocycles. The Balaban J connectivity index is 1.69. The van der Waals surface area contributed by atoms with E-state index in [0.717, 1.165) is 36.8 Å². The zero-order valence-electron chi connectivity index (χ0n) is 18.7. The van der Waals surface area contributed by atoms with Crippen LogP contribution in [0.3, 0.4) is 0 Å². The van der Waals surface area contributed by atoms with Gasteiger partial charge in [-0.05, 0) is 55.8 Å². The molecule has 5 nitrogen and oxygen atoms in total. The van der Waals surface area contributed by atoms with Crippen molar-refractivity contribution in [2.24, 2.45) is 0 Å². The quantitative estimate of drug-likeness (QED) is 0.495. The molecule has 0 bridgehead atoms. The molecule has 4 rings (SSSR count). The van der Waals surface area contributed by atoms with Gasteiger partial charge in [0.05, 0.1) is 4.88 Å². The summed E-state index contributed by atoms with van der Waals surface area (Å²) in [5, 5.41) is 5.09. The summed E-state index contributed by atoms with van der Waals surface area (Å²) in [6.45, 7) is 4.20. The van der Waals surface area contributed by atoms with Gasteiger partial charge in [0.15, 0.2) is 6.04 Å². The SMILES string of the molecule is Cc1ccc(CN(C(=O)c2cccs2)[C@H](C(=O)NC2CCCCC2)c2ccc(C)o2)cc1. The van der Waals surface area contributed by atoms with Crippen LogP contribution in [0.5, 0.6) is 0 Å². The summed E-state index contributed by atoms with van der Waals surface area (Å²) in [4.78, 5) is 29.5. The molecule has 2 aromatic heterocycles. The van der Waals surface area contributed by atoms with E-state index in [2.05, 4.69) is 5.32 Å². The van der Waals surface area contributed by atoms with E-state index < -0.39 is 6.04 Å². The van der Waals surface area contributed by atoms with Crippen LogP contribution < -0.4 is 5.32 Å². The Kier molecular flexibility index (Phi) is 7.10. The van der Waals surface area contributed by atoms with Crippen LogP contribution >= 0.6 is 11.3 Å². The molecule has 168 valence electrons. The Morgan fingerprint density at radius 1 is 1.06 bits per heavy atom. The normalized spacial score (nSPS) is 15.3. The molecular formula is C26H30N2O3S. The first kappa shape index (κ1) is 22.3. The van der Waals surface area contributed by atoms with Gasteiger partial charge in [-0.1, -0.05) is 55.2 Å². The molecule has 1 aromatic carbocycles. The first-order valence-electron chi connectivity index (χ1n) is 11.3. The number of benzene rings is 1. The minimum absolute atomic E-state index is 0.146. The van der Waals surface area contributed by atoms with Crippen LogP contribution in [-0.4, -0.2) is 22.8 Å². The van der Waals surface area contributed by atoms with Gasteiger partial charge in [-0.3, -0.25) is 9.59 Å². The predicted octanol–water partition coefficient (Wildman–Crippen LogP) is 5.79. The molecule has 0 saturated heterocycles. The summed E-state index contributed by atoms with van der Waals surface area (Å²) in [5.41, 5.74) is 2.12. The van der Waals surface area contributed by atoms with Gasteiger partial charge in [-0.2, -0.15) is 0 Å². The fraction of sp³-hybridized carbons (Fsp3) is 0.385.